The lowest BCUT2D eigenvalue weighted by molar-refractivity contribution is 0.0950. The van der Waals surface area contributed by atoms with Crippen LogP contribution in [-0.4, -0.2) is 32.0 Å². The number of amides is 1. The van der Waals surface area contributed by atoms with Gasteiger partial charge in [0.1, 0.15) is 17.3 Å². The van der Waals surface area contributed by atoms with Crippen molar-refractivity contribution in [1.82, 2.24) is 15.0 Å². The number of nitrogens with zero attached hydrogens (tertiary/aromatic N) is 1. The summed E-state index contributed by atoms with van der Waals surface area (Å²) in [4.78, 5) is 16.9. The van der Waals surface area contributed by atoms with Gasteiger partial charge in [-0.2, -0.15) is 0 Å². The van der Waals surface area contributed by atoms with Crippen molar-refractivity contribution >= 4 is 15.9 Å². The van der Waals surface area contributed by atoms with Crippen molar-refractivity contribution in [3.8, 4) is 11.6 Å². The van der Waals surface area contributed by atoms with Crippen LogP contribution in [0.15, 0.2) is 71.8 Å². The zero-order valence-corrected chi connectivity index (χ0v) is 20.5. The molecule has 3 rings (SSSR count). The average molecular weight is 484 g/mol. The maximum atomic E-state index is 12.8. The van der Waals surface area contributed by atoms with Gasteiger partial charge in [0.05, 0.1) is 7.11 Å². The van der Waals surface area contributed by atoms with E-state index >= 15 is 0 Å². The smallest absolute Gasteiger partial charge is 0.251 e. The molecule has 0 bridgehead atoms. The number of hydrogen-bond donors (Lipinski definition) is 2. The Bertz CT molecular complexity index is 1240. The predicted octanol–water partition coefficient (Wildman–Crippen LogP) is 3.68. The molecular weight excluding hydrogens is 454 g/mol. The summed E-state index contributed by atoms with van der Waals surface area (Å²) in [7, 11) is -2.52. The third-order valence-corrected chi connectivity index (χ3v) is 6.42. The summed E-state index contributed by atoms with van der Waals surface area (Å²) < 4.78 is 39.2. The fourth-order valence-electron chi connectivity index (χ4n) is 3.14. The van der Waals surface area contributed by atoms with Gasteiger partial charge in [-0.25, -0.2) is 18.1 Å². The molecule has 1 amide bonds. The predicted molar refractivity (Wildman–Crippen MR) is 129 cm³/mol. The molecule has 2 N–H and O–H groups in total. The number of nitrogens with one attached hydrogen (secondary N) is 2. The first-order chi connectivity index (χ1) is 16.1. The lowest BCUT2D eigenvalue weighted by atomic mass is 10.1. The normalized spacial score (nSPS) is 11.6. The summed E-state index contributed by atoms with van der Waals surface area (Å²) in [5.74, 6) is 0.183. The zero-order chi connectivity index (χ0) is 24.8. The van der Waals surface area contributed by atoms with Crippen molar-refractivity contribution in [3.05, 3.63) is 83.6 Å². The van der Waals surface area contributed by atoms with E-state index in [9.17, 15) is 13.2 Å². The molecule has 2 aromatic carbocycles. The molecule has 0 aliphatic heterocycles. The van der Waals surface area contributed by atoms with Gasteiger partial charge in [0.2, 0.25) is 15.9 Å². The lowest BCUT2D eigenvalue weighted by Gasteiger charge is -2.21. The summed E-state index contributed by atoms with van der Waals surface area (Å²) >= 11 is 0. The molecule has 0 saturated heterocycles. The highest BCUT2D eigenvalue weighted by atomic mass is 32.2. The van der Waals surface area contributed by atoms with E-state index in [1.165, 1.54) is 25.3 Å². The lowest BCUT2D eigenvalue weighted by Crippen LogP contribution is -2.40. The summed E-state index contributed by atoms with van der Waals surface area (Å²) in [6.07, 6.45) is 1.61. The van der Waals surface area contributed by atoms with Crippen molar-refractivity contribution in [1.29, 1.82) is 0 Å². The summed E-state index contributed by atoms with van der Waals surface area (Å²) in [6.45, 7) is 5.81. The van der Waals surface area contributed by atoms with Crippen LogP contribution >= 0.6 is 0 Å². The number of carbonyl (C=O) groups excluding carboxylic acids is 1. The van der Waals surface area contributed by atoms with Crippen molar-refractivity contribution in [2.75, 3.05) is 7.11 Å². The third kappa shape index (κ3) is 7.03. The minimum atomic E-state index is -3.90. The molecule has 0 fully saturated rings. The molecule has 0 aliphatic carbocycles. The first kappa shape index (κ1) is 25.2. The molecule has 1 heterocycles. The first-order valence-corrected chi connectivity index (χ1v) is 12.2. The number of pyridine rings is 1. The molecule has 8 nitrogen and oxygen atoms in total. The molecule has 180 valence electrons. The van der Waals surface area contributed by atoms with E-state index in [0.29, 0.717) is 12.5 Å². The van der Waals surface area contributed by atoms with E-state index in [2.05, 4.69) is 15.0 Å². The highest BCUT2D eigenvalue weighted by Gasteiger charge is 2.26. The highest BCUT2D eigenvalue weighted by molar-refractivity contribution is 7.89. The van der Waals surface area contributed by atoms with Crippen LogP contribution in [-0.2, 0) is 23.2 Å². The minimum Gasteiger partial charge on any atom is -0.495 e. The molecule has 3 aromatic rings. The van der Waals surface area contributed by atoms with E-state index in [0.717, 1.165) is 11.1 Å². The Kier molecular flexibility index (Phi) is 7.90. The number of sulfonamides is 1. The van der Waals surface area contributed by atoms with Crippen molar-refractivity contribution in [2.24, 2.45) is 0 Å². The standard InChI is InChI=1S/C25H29N3O5S/c1-25(2,3)28-34(30,31)22-15-20(10-11-21(22)32-4)24(29)27-16-19-12-13-26-23(14-19)33-17-18-8-6-5-7-9-18/h5-15,28H,16-17H2,1-4H3,(H,27,29). The molecule has 0 saturated carbocycles. The largest absolute Gasteiger partial charge is 0.495 e. The molecule has 0 radical (unpaired) electrons. The number of aromatic nitrogens is 1. The van der Waals surface area contributed by atoms with Gasteiger partial charge in [-0.05, 0) is 56.2 Å². The number of ether oxygens (including phenoxy) is 2. The van der Waals surface area contributed by atoms with E-state index in [4.69, 9.17) is 9.47 Å². The van der Waals surface area contributed by atoms with Crippen molar-refractivity contribution in [3.63, 3.8) is 0 Å². The SMILES string of the molecule is COc1ccc(C(=O)NCc2ccnc(OCc3ccccc3)c2)cc1S(=O)(=O)NC(C)(C)C. The third-order valence-electron chi connectivity index (χ3n) is 4.64. The molecule has 0 unspecified atom stereocenters. The van der Waals surface area contributed by atoms with Crippen LogP contribution in [0.4, 0.5) is 0 Å². The highest BCUT2D eigenvalue weighted by Crippen LogP contribution is 2.26. The number of rotatable bonds is 9. The Morgan fingerprint density at radius 3 is 2.41 bits per heavy atom. The second-order valence-electron chi connectivity index (χ2n) is 8.68. The van der Waals surface area contributed by atoms with E-state index in [-0.39, 0.29) is 22.8 Å². The molecule has 0 aliphatic rings. The maximum absolute atomic E-state index is 12.8. The fourth-order valence-corrected chi connectivity index (χ4v) is 4.76. The van der Waals surface area contributed by atoms with Gasteiger partial charge in [0, 0.05) is 29.9 Å². The number of methoxy groups -OCH3 is 1. The number of hydrogen-bond acceptors (Lipinski definition) is 6. The van der Waals surface area contributed by atoms with Gasteiger partial charge in [0.15, 0.2) is 0 Å². The Hall–Kier alpha value is -3.43. The Morgan fingerprint density at radius 2 is 1.74 bits per heavy atom. The molecule has 34 heavy (non-hydrogen) atoms. The molecule has 1 aromatic heterocycles. The topological polar surface area (TPSA) is 107 Å². The molecular formula is C25H29N3O5S. The van der Waals surface area contributed by atoms with Crippen molar-refractivity contribution in [2.45, 2.75) is 44.4 Å². The Balaban J connectivity index is 1.69. The Labute approximate surface area is 200 Å². The van der Waals surface area contributed by atoms with Crippen LogP contribution in [0.1, 0.15) is 42.3 Å². The van der Waals surface area contributed by atoms with Crippen LogP contribution in [0.2, 0.25) is 0 Å². The van der Waals surface area contributed by atoms with E-state index < -0.39 is 21.5 Å². The van der Waals surface area contributed by atoms with Crippen LogP contribution in [0.25, 0.3) is 0 Å². The van der Waals surface area contributed by atoms with E-state index in [1.54, 1.807) is 39.1 Å². The quantitative estimate of drug-likeness (QED) is 0.481. The van der Waals surface area contributed by atoms with E-state index in [1.807, 2.05) is 30.3 Å². The van der Waals surface area contributed by atoms with Gasteiger partial charge < -0.3 is 14.8 Å². The second-order valence-corrected chi connectivity index (χ2v) is 10.3. The summed E-state index contributed by atoms with van der Waals surface area (Å²) in [5, 5.41) is 2.80. The second kappa shape index (κ2) is 10.7. The van der Waals surface area contributed by atoms with Crippen LogP contribution < -0.4 is 19.5 Å². The van der Waals surface area contributed by atoms with Crippen LogP contribution in [0, 0.1) is 0 Å². The van der Waals surface area contributed by atoms with Gasteiger partial charge in [-0.1, -0.05) is 30.3 Å². The van der Waals surface area contributed by atoms with Gasteiger partial charge >= 0.3 is 0 Å². The maximum Gasteiger partial charge on any atom is 0.251 e. The first-order valence-electron chi connectivity index (χ1n) is 10.7. The van der Waals surface area contributed by atoms with Gasteiger partial charge in [0.25, 0.3) is 5.91 Å². The summed E-state index contributed by atoms with van der Waals surface area (Å²) in [6, 6.07) is 17.6. The van der Waals surface area contributed by atoms with Gasteiger partial charge in [-0.3, -0.25) is 4.79 Å². The minimum absolute atomic E-state index is 0.0990. The van der Waals surface area contributed by atoms with Crippen LogP contribution in [0.3, 0.4) is 0 Å². The molecule has 0 spiro atoms. The average Bonchev–Trinajstić information content (AvgIpc) is 2.80. The fraction of sp³-hybridized carbons (Fsp3) is 0.280. The zero-order valence-electron chi connectivity index (χ0n) is 19.7. The number of benzene rings is 2. The van der Waals surface area contributed by atoms with Crippen LogP contribution in [0.5, 0.6) is 11.6 Å². The van der Waals surface area contributed by atoms with Crippen molar-refractivity contribution < 1.29 is 22.7 Å². The number of carbonyl (C=O) groups is 1. The Morgan fingerprint density at radius 1 is 1.00 bits per heavy atom. The molecule has 0 atom stereocenters. The monoisotopic (exact) mass is 483 g/mol. The molecule has 9 heteroatoms. The summed E-state index contributed by atoms with van der Waals surface area (Å²) in [5.41, 5.74) is 1.32. The van der Waals surface area contributed by atoms with Gasteiger partial charge in [-0.15, -0.1) is 0 Å².